The van der Waals surface area contributed by atoms with Crippen LogP contribution in [0, 0.1) is 11.8 Å². The third-order valence-electron chi connectivity index (χ3n) is 3.20. The van der Waals surface area contributed by atoms with E-state index in [2.05, 4.69) is 26.1 Å². The average molecular weight is 226 g/mol. The summed E-state index contributed by atoms with van der Waals surface area (Å²) in [5.41, 5.74) is 0. The Hall–Kier alpha value is -0.570. The van der Waals surface area contributed by atoms with Crippen molar-refractivity contribution >= 4 is 5.91 Å². The van der Waals surface area contributed by atoms with Gasteiger partial charge in [-0.3, -0.25) is 4.79 Å². The van der Waals surface area contributed by atoms with Gasteiger partial charge in [0.25, 0.3) is 0 Å². The number of amides is 1. The molecule has 1 N–H and O–H groups in total. The van der Waals surface area contributed by atoms with E-state index >= 15 is 0 Å². The first kappa shape index (κ1) is 13.5. The van der Waals surface area contributed by atoms with Crippen LogP contribution in [-0.4, -0.2) is 37.0 Å². The van der Waals surface area contributed by atoms with Crippen molar-refractivity contribution in [3.05, 3.63) is 0 Å². The van der Waals surface area contributed by atoms with Gasteiger partial charge < -0.3 is 10.2 Å². The van der Waals surface area contributed by atoms with E-state index in [1.807, 2.05) is 4.90 Å². The van der Waals surface area contributed by atoms with Crippen molar-refractivity contribution in [2.45, 2.75) is 40.0 Å². The van der Waals surface area contributed by atoms with Crippen LogP contribution in [0.15, 0.2) is 0 Å². The van der Waals surface area contributed by atoms with Gasteiger partial charge in [-0.15, -0.1) is 0 Å². The second kappa shape index (κ2) is 6.89. The quantitative estimate of drug-likeness (QED) is 0.726. The molecule has 1 aliphatic heterocycles. The molecule has 1 amide bonds. The fourth-order valence-corrected chi connectivity index (χ4v) is 2.00. The van der Waals surface area contributed by atoms with Crippen LogP contribution in [0.4, 0.5) is 0 Å². The summed E-state index contributed by atoms with van der Waals surface area (Å²) in [6.07, 6.45) is 3.00. The minimum Gasteiger partial charge on any atom is -0.343 e. The monoisotopic (exact) mass is 226 g/mol. The molecule has 3 nitrogen and oxygen atoms in total. The Bertz CT molecular complexity index is 208. The van der Waals surface area contributed by atoms with Crippen LogP contribution in [0.3, 0.4) is 0 Å². The average Bonchev–Trinajstić information content (AvgIpc) is 2.25. The summed E-state index contributed by atoms with van der Waals surface area (Å²) in [6, 6.07) is 0. The van der Waals surface area contributed by atoms with Gasteiger partial charge in [0.1, 0.15) is 0 Å². The summed E-state index contributed by atoms with van der Waals surface area (Å²) in [6.45, 7) is 10.4. The minimum atomic E-state index is 0.322. The molecule has 0 aliphatic carbocycles. The Balaban J connectivity index is 2.10. The van der Waals surface area contributed by atoms with Crippen molar-refractivity contribution in [2.24, 2.45) is 11.8 Å². The van der Waals surface area contributed by atoms with Crippen LogP contribution in [0.1, 0.15) is 40.0 Å². The maximum atomic E-state index is 11.8. The van der Waals surface area contributed by atoms with E-state index in [0.717, 1.165) is 32.1 Å². The maximum Gasteiger partial charge on any atom is 0.223 e. The van der Waals surface area contributed by atoms with Gasteiger partial charge in [-0.1, -0.05) is 20.8 Å². The fourth-order valence-electron chi connectivity index (χ4n) is 2.00. The number of piperidine rings is 1. The van der Waals surface area contributed by atoms with Gasteiger partial charge in [-0.2, -0.15) is 0 Å². The second-order valence-electron chi connectivity index (χ2n) is 5.41. The molecule has 0 spiro atoms. The van der Waals surface area contributed by atoms with Gasteiger partial charge >= 0.3 is 0 Å². The lowest BCUT2D eigenvalue weighted by Crippen LogP contribution is -2.39. The molecular formula is C13H26N2O. The number of nitrogens with one attached hydrogen (secondary N) is 1. The molecule has 0 aromatic rings. The van der Waals surface area contributed by atoms with Gasteiger partial charge in [-0.05, 0) is 31.2 Å². The molecular weight excluding hydrogens is 200 g/mol. The molecule has 0 bridgehead atoms. The highest BCUT2D eigenvalue weighted by Crippen LogP contribution is 2.16. The standard InChI is InChI=1S/C13H26N2O/c1-11(2)10-14-7-4-13(16)15-8-5-12(3)6-9-15/h11-12,14H,4-10H2,1-3H3. The first-order chi connectivity index (χ1) is 7.59. The molecule has 1 aliphatic rings. The number of hydrogen-bond donors (Lipinski definition) is 1. The van der Waals surface area contributed by atoms with E-state index in [-0.39, 0.29) is 0 Å². The molecule has 1 fully saturated rings. The topological polar surface area (TPSA) is 32.3 Å². The van der Waals surface area contributed by atoms with Gasteiger partial charge in [0.05, 0.1) is 0 Å². The van der Waals surface area contributed by atoms with Crippen LogP contribution in [0.2, 0.25) is 0 Å². The molecule has 3 heteroatoms. The summed E-state index contributed by atoms with van der Waals surface area (Å²) < 4.78 is 0. The van der Waals surface area contributed by atoms with Crippen molar-refractivity contribution in [2.75, 3.05) is 26.2 Å². The Labute approximate surface area is 99.6 Å². The number of likely N-dealkylation sites (tertiary alicyclic amines) is 1. The van der Waals surface area contributed by atoms with Crippen molar-refractivity contribution in [1.29, 1.82) is 0 Å². The predicted octanol–water partition coefficient (Wildman–Crippen LogP) is 1.88. The Morgan fingerprint density at radius 1 is 1.38 bits per heavy atom. The highest BCUT2D eigenvalue weighted by Gasteiger charge is 2.19. The normalized spacial score (nSPS) is 18.1. The lowest BCUT2D eigenvalue weighted by molar-refractivity contribution is -0.132. The SMILES string of the molecule is CC(C)CNCCC(=O)N1CCC(C)CC1. The second-order valence-corrected chi connectivity index (χ2v) is 5.41. The maximum absolute atomic E-state index is 11.8. The first-order valence-electron chi connectivity index (χ1n) is 6.58. The van der Waals surface area contributed by atoms with E-state index in [1.54, 1.807) is 0 Å². The number of hydrogen-bond acceptors (Lipinski definition) is 2. The summed E-state index contributed by atoms with van der Waals surface area (Å²) in [5.74, 6) is 1.78. The number of carbonyl (C=O) groups excluding carboxylic acids is 1. The number of rotatable bonds is 5. The van der Waals surface area contributed by atoms with Crippen molar-refractivity contribution < 1.29 is 4.79 Å². The zero-order chi connectivity index (χ0) is 12.0. The van der Waals surface area contributed by atoms with Crippen LogP contribution >= 0.6 is 0 Å². The smallest absolute Gasteiger partial charge is 0.223 e. The Kier molecular flexibility index (Phi) is 5.81. The molecule has 0 aromatic carbocycles. The Morgan fingerprint density at radius 2 is 2.00 bits per heavy atom. The highest BCUT2D eigenvalue weighted by molar-refractivity contribution is 5.76. The summed E-state index contributed by atoms with van der Waals surface area (Å²) in [4.78, 5) is 13.9. The van der Waals surface area contributed by atoms with Gasteiger partial charge in [-0.25, -0.2) is 0 Å². The predicted molar refractivity (Wildman–Crippen MR) is 67.3 cm³/mol. The van der Waals surface area contributed by atoms with Gasteiger partial charge in [0, 0.05) is 26.1 Å². The van der Waals surface area contributed by atoms with Crippen LogP contribution < -0.4 is 5.32 Å². The molecule has 0 unspecified atom stereocenters. The molecule has 0 radical (unpaired) electrons. The van der Waals surface area contributed by atoms with E-state index < -0.39 is 0 Å². The van der Waals surface area contributed by atoms with E-state index in [0.29, 0.717) is 18.2 Å². The first-order valence-corrected chi connectivity index (χ1v) is 6.58. The number of nitrogens with zero attached hydrogens (tertiary/aromatic N) is 1. The van der Waals surface area contributed by atoms with E-state index in [9.17, 15) is 4.79 Å². The molecule has 0 saturated carbocycles. The van der Waals surface area contributed by atoms with Crippen molar-refractivity contribution in [1.82, 2.24) is 10.2 Å². The summed E-state index contributed by atoms with van der Waals surface area (Å²) in [5, 5.41) is 3.32. The van der Waals surface area contributed by atoms with Crippen molar-refractivity contribution in [3.63, 3.8) is 0 Å². The van der Waals surface area contributed by atoms with E-state index in [1.165, 1.54) is 12.8 Å². The molecule has 16 heavy (non-hydrogen) atoms. The lowest BCUT2D eigenvalue weighted by atomic mass is 9.99. The van der Waals surface area contributed by atoms with Crippen molar-refractivity contribution in [3.8, 4) is 0 Å². The zero-order valence-corrected chi connectivity index (χ0v) is 11.0. The van der Waals surface area contributed by atoms with Gasteiger partial charge in [0.15, 0.2) is 0 Å². The number of carbonyl (C=O) groups is 1. The zero-order valence-electron chi connectivity index (χ0n) is 11.0. The van der Waals surface area contributed by atoms with Crippen LogP contribution in [0.5, 0.6) is 0 Å². The molecule has 0 aromatic heterocycles. The van der Waals surface area contributed by atoms with E-state index in [4.69, 9.17) is 0 Å². The Morgan fingerprint density at radius 3 is 2.56 bits per heavy atom. The third kappa shape index (κ3) is 4.97. The molecule has 1 saturated heterocycles. The van der Waals surface area contributed by atoms with Crippen LogP contribution in [-0.2, 0) is 4.79 Å². The lowest BCUT2D eigenvalue weighted by Gasteiger charge is -2.30. The summed E-state index contributed by atoms with van der Waals surface area (Å²) in [7, 11) is 0. The fraction of sp³-hybridized carbons (Fsp3) is 0.923. The highest BCUT2D eigenvalue weighted by atomic mass is 16.2. The molecule has 94 valence electrons. The molecule has 0 atom stereocenters. The minimum absolute atomic E-state index is 0.322. The third-order valence-corrected chi connectivity index (χ3v) is 3.20. The largest absolute Gasteiger partial charge is 0.343 e. The summed E-state index contributed by atoms with van der Waals surface area (Å²) >= 11 is 0. The molecule has 1 heterocycles. The van der Waals surface area contributed by atoms with Gasteiger partial charge in [0.2, 0.25) is 5.91 Å². The molecule has 1 rings (SSSR count). The van der Waals surface area contributed by atoms with Crippen LogP contribution in [0.25, 0.3) is 0 Å².